The monoisotopic (exact) mass is 305 g/mol. The lowest BCUT2D eigenvalue weighted by Crippen LogP contribution is -2.35. The van der Waals surface area contributed by atoms with E-state index in [0.717, 1.165) is 10.0 Å². The van der Waals surface area contributed by atoms with Crippen molar-refractivity contribution in [1.82, 2.24) is 4.90 Å². The molecule has 0 spiro atoms. The predicted molar refractivity (Wildman–Crippen MR) is 67.7 cm³/mol. The van der Waals surface area contributed by atoms with E-state index in [2.05, 4.69) is 15.9 Å². The maximum absolute atomic E-state index is 10.8. The largest absolute Gasteiger partial charge is 0.480 e. The van der Waals surface area contributed by atoms with Gasteiger partial charge in [0.15, 0.2) is 0 Å². The van der Waals surface area contributed by atoms with Crippen LogP contribution in [0.4, 0.5) is 0 Å². The van der Waals surface area contributed by atoms with Crippen LogP contribution in [0.15, 0.2) is 22.7 Å². The summed E-state index contributed by atoms with van der Waals surface area (Å²) in [6, 6.07) is 4.97. The van der Waals surface area contributed by atoms with E-state index in [-0.39, 0.29) is 0 Å². The topological polar surface area (TPSA) is 40.5 Å². The number of halogens is 2. The summed E-state index contributed by atoms with van der Waals surface area (Å²) in [7, 11) is 1.78. The van der Waals surface area contributed by atoms with Crippen molar-refractivity contribution in [1.29, 1.82) is 0 Å². The molecule has 1 N–H and O–H groups in total. The van der Waals surface area contributed by atoms with Crippen LogP contribution < -0.4 is 0 Å². The Balaban J connectivity index is 2.77. The van der Waals surface area contributed by atoms with Crippen LogP contribution in [0.25, 0.3) is 0 Å². The third-order valence-electron chi connectivity index (χ3n) is 2.45. The van der Waals surface area contributed by atoms with Gasteiger partial charge in [0, 0.05) is 16.0 Å². The zero-order valence-electron chi connectivity index (χ0n) is 9.08. The van der Waals surface area contributed by atoms with Gasteiger partial charge < -0.3 is 5.11 Å². The Bertz CT molecular complexity index is 398. The van der Waals surface area contributed by atoms with Crippen molar-refractivity contribution in [3.63, 3.8) is 0 Å². The first-order chi connectivity index (χ1) is 7.41. The van der Waals surface area contributed by atoms with Crippen molar-refractivity contribution in [2.45, 2.75) is 19.5 Å². The van der Waals surface area contributed by atoms with Crippen LogP contribution in [-0.2, 0) is 11.3 Å². The van der Waals surface area contributed by atoms with E-state index in [4.69, 9.17) is 16.7 Å². The second-order valence-electron chi connectivity index (χ2n) is 3.67. The summed E-state index contributed by atoms with van der Waals surface area (Å²) in [5.41, 5.74) is 1.01. The highest BCUT2D eigenvalue weighted by molar-refractivity contribution is 9.10. The molecule has 0 amide bonds. The van der Waals surface area contributed by atoms with E-state index >= 15 is 0 Å². The van der Waals surface area contributed by atoms with Gasteiger partial charge in [0.05, 0.1) is 0 Å². The van der Waals surface area contributed by atoms with E-state index in [0.29, 0.717) is 11.6 Å². The van der Waals surface area contributed by atoms with Crippen LogP contribution in [0.2, 0.25) is 5.02 Å². The molecular weight excluding hydrogens is 293 g/mol. The number of carboxylic acid groups (broad SMARTS) is 1. The molecule has 0 saturated heterocycles. The maximum atomic E-state index is 10.8. The SMILES string of the molecule is CC(C(=O)O)N(C)Cc1ccc(Cl)cc1Br. The zero-order valence-corrected chi connectivity index (χ0v) is 11.4. The van der Waals surface area contributed by atoms with Gasteiger partial charge in [-0.25, -0.2) is 0 Å². The molecule has 5 heteroatoms. The summed E-state index contributed by atoms with van der Waals surface area (Å²) in [5.74, 6) is -0.826. The number of aliphatic carboxylic acids is 1. The lowest BCUT2D eigenvalue weighted by atomic mass is 10.2. The second kappa shape index (κ2) is 5.66. The van der Waals surface area contributed by atoms with Crippen molar-refractivity contribution in [2.75, 3.05) is 7.05 Å². The molecule has 0 aliphatic rings. The molecule has 0 heterocycles. The molecule has 0 aliphatic heterocycles. The second-order valence-corrected chi connectivity index (χ2v) is 4.96. The molecule has 1 unspecified atom stereocenters. The molecule has 3 nitrogen and oxygen atoms in total. The van der Waals surface area contributed by atoms with Gasteiger partial charge in [0.1, 0.15) is 6.04 Å². The van der Waals surface area contributed by atoms with Gasteiger partial charge in [0.2, 0.25) is 0 Å². The van der Waals surface area contributed by atoms with Crippen molar-refractivity contribution in [3.05, 3.63) is 33.3 Å². The van der Waals surface area contributed by atoms with E-state index in [1.165, 1.54) is 0 Å². The van der Waals surface area contributed by atoms with Crippen LogP contribution in [0.1, 0.15) is 12.5 Å². The highest BCUT2D eigenvalue weighted by atomic mass is 79.9. The average Bonchev–Trinajstić information content (AvgIpc) is 2.20. The summed E-state index contributed by atoms with van der Waals surface area (Å²) in [4.78, 5) is 12.6. The predicted octanol–water partition coefficient (Wildman–Crippen LogP) is 3.01. The minimum atomic E-state index is -0.826. The summed E-state index contributed by atoms with van der Waals surface area (Å²) in [6.45, 7) is 2.22. The summed E-state index contributed by atoms with van der Waals surface area (Å²) < 4.78 is 0.893. The smallest absolute Gasteiger partial charge is 0.320 e. The Morgan fingerprint density at radius 1 is 1.62 bits per heavy atom. The lowest BCUT2D eigenvalue weighted by Gasteiger charge is -2.21. The summed E-state index contributed by atoms with van der Waals surface area (Å²) in [6.07, 6.45) is 0. The highest BCUT2D eigenvalue weighted by Gasteiger charge is 2.17. The van der Waals surface area contributed by atoms with Crippen molar-refractivity contribution >= 4 is 33.5 Å². The van der Waals surface area contributed by atoms with Gasteiger partial charge in [-0.15, -0.1) is 0 Å². The molecule has 1 rings (SSSR count). The summed E-state index contributed by atoms with van der Waals surface area (Å²) in [5, 5.41) is 9.53. The van der Waals surface area contributed by atoms with Gasteiger partial charge in [-0.05, 0) is 31.7 Å². The van der Waals surface area contributed by atoms with Crippen LogP contribution in [0.3, 0.4) is 0 Å². The average molecular weight is 307 g/mol. The van der Waals surface area contributed by atoms with Crippen molar-refractivity contribution in [3.8, 4) is 0 Å². The van der Waals surface area contributed by atoms with Crippen LogP contribution in [-0.4, -0.2) is 29.1 Å². The van der Waals surface area contributed by atoms with Crippen LogP contribution >= 0.6 is 27.5 Å². The quantitative estimate of drug-likeness (QED) is 0.929. The Labute approximate surface area is 108 Å². The zero-order chi connectivity index (χ0) is 12.3. The van der Waals surface area contributed by atoms with Crippen LogP contribution in [0, 0.1) is 0 Å². The molecule has 0 aliphatic carbocycles. The molecule has 0 saturated carbocycles. The molecule has 88 valence electrons. The first-order valence-corrected chi connectivity index (χ1v) is 5.96. The molecule has 16 heavy (non-hydrogen) atoms. The normalized spacial score (nSPS) is 12.8. The fraction of sp³-hybridized carbons (Fsp3) is 0.364. The number of likely N-dealkylation sites (N-methyl/N-ethyl adjacent to an activating group) is 1. The Hall–Kier alpha value is -0.580. The minimum Gasteiger partial charge on any atom is -0.480 e. The Kier molecular flexibility index (Phi) is 4.77. The maximum Gasteiger partial charge on any atom is 0.320 e. The van der Waals surface area contributed by atoms with Crippen molar-refractivity contribution < 1.29 is 9.90 Å². The minimum absolute atomic E-state index is 0.512. The summed E-state index contributed by atoms with van der Waals surface area (Å²) >= 11 is 9.23. The Morgan fingerprint density at radius 2 is 2.25 bits per heavy atom. The molecule has 0 radical (unpaired) electrons. The first-order valence-electron chi connectivity index (χ1n) is 4.78. The molecule has 1 aromatic rings. The number of rotatable bonds is 4. The van der Waals surface area contributed by atoms with Gasteiger partial charge in [-0.1, -0.05) is 33.6 Å². The third kappa shape index (κ3) is 3.47. The molecule has 0 fully saturated rings. The van der Waals surface area contributed by atoms with E-state index in [9.17, 15) is 4.79 Å². The number of benzene rings is 1. The lowest BCUT2D eigenvalue weighted by molar-refractivity contribution is -0.142. The number of hydrogen-bond acceptors (Lipinski definition) is 2. The molecular formula is C11H13BrClNO2. The Morgan fingerprint density at radius 3 is 2.75 bits per heavy atom. The van der Waals surface area contributed by atoms with Gasteiger partial charge >= 0.3 is 5.97 Å². The fourth-order valence-electron chi connectivity index (χ4n) is 1.24. The van der Waals surface area contributed by atoms with E-state index in [1.807, 2.05) is 6.07 Å². The number of carbonyl (C=O) groups is 1. The van der Waals surface area contributed by atoms with Gasteiger partial charge in [0.25, 0.3) is 0 Å². The van der Waals surface area contributed by atoms with E-state index < -0.39 is 12.0 Å². The first kappa shape index (κ1) is 13.5. The number of nitrogens with zero attached hydrogens (tertiary/aromatic N) is 1. The molecule has 1 aromatic carbocycles. The molecule has 1 atom stereocenters. The standard InChI is InChI=1S/C11H13BrClNO2/c1-7(11(15)16)14(2)6-8-3-4-9(13)5-10(8)12/h3-5,7H,6H2,1-2H3,(H,15,16). The van der Waals surface area contributed by atoms with E-state index in [1.54, 1.807) is 31.0 Å². The number of hydrogen-bond donors (Lipinski definition) is 1. The fourth-order valence-corrected chi connectivity index (χ4v) is 2.05. The van der Waals surface area contributed by atoms with Crippen LogP contribution in [0.5, 0.6) is 0 Å². The van der Waals surface area contributed by atoms with Crippen molar-refractivity contribution in [2.24, 2.45) is 0 Å². The third-order valence-corrected chi connectivity index (χ3v) is 3.43. The van der Waals surface area contributed by atoms with Gasteiger partial charge in [-0.3, -0.25) is 9.69 Å². The molecule has 0 aromatic heterocycles. The number of carboxylic acids is 1. The molecule has 0 bridgehead atoms. The highest BCUT2D eigenvalue weighted by Crippen LogP contribution is 2.22. The van der Waals surface area contributed by atoms with Gasteiger partial charge in [-0.2, -0.15) is 0 Å².